The lowest BCUT2D eigenvalue weighted by molar-refractivity contribution is -0.137. The van der Waals surface area contributed by atoms with Crippen LogP contribution in [-0.4, -0.2) is 45.9 Å². The van der Waals surface area contributed by atoms with Gasteiger partial charge in [-0.3, -0.25) is 4.79 Å². The van der Waals surface area contributed by atoms with E-state index in [9.17, 15) is 19.8 Å². The molecule has 1 heterocycles. The first kappa shape index (κ1) is 29.1. The minimum absolute atomic E-state index is 0.0436. The minimum atomic E-state index is -0.695. The van der Waals surface area contributed by atoms with E-state index in [1.807, 2.05) is 78.9 Å². The fourth-order valence-corrected chi connectivity index (χ4v) is 4.40. The molecule has 0 radical (unpaired) electrons. The molecule has 41 heavy (non-hydrogen) atoms. The minimum Gasteiger partial charge on any atom is -0.508 e. The summed E-state index contributed by atoms with van der Waals surface area (Å²) in [6.45, 7) is 0.700. The van der Waals surface area contributed by atoms with Crippen molar-refractivity contribution in [2.75, 3.05) is 13.2 Å². The molecule has 0 saturated carbocycles. The quantitative estimate of drug-likeness (QED) is 0.221. The number of allylic oxidation sites excluding steroid dienone is 3. The second kappa shape index (κ2) is 15.1. The SMILES string of the molecule is O=C1OCC/C=C/CC/C=C/C(=N/OCC(=O)N(Cc2ccccc2)Cc2ccccc2)Cc2cc(O)cc(O)c21. The molecular weight excluding hydrogens is 520 g/mol. The molecule has 1 aliphatic heterocycles. The van der Waals surface area contributed by atoms with Gasteiger partial charge in [0.2, 0.25) is 0 Å². The molecule has 4 rings (SSSR count). The predicted octanol–water partition coefficient (Wildman–Crippen LogP) is 5.70. The smallest absolute Gasteiger partial charge is 0.342 e. The molecule has 8 heteroatoms. The first-order valence-electron chi connectivity index (χ1n) is 13.6. The van der Waals surface area contributed by atoms with E-state index in [4.69, 9.17) is 9.57 Å². The van der Waals surface area contributed by atoms with E-state index >= 15 is 0 Å². The number of phenols is 2. The monoisotopic (exact) mass is 554 g/mol. The molecule has 0 spiro atoms. The molecule has 2 N–H and O–H groups in total. The number of cyclic esters (lactones) is 1. The Morgan fingerprint density at radius 2 is 1.51 bits per heavy atom. The molecular formula is C33H34N2O6. The average molecular weight is 555 g/mol. The van der Waals surface area contributed by atoms with E-state index in [2.05, 4.69) is 5.16 Å². The van der Waals surface area contributed by atoms with Crippen molar-refractivity contribution in [1.29, 1.82) is 0 Å². The maximum absolute atomic E-state index is 13.3. The van der Waals surface area contributed by atoms with Crippen LogP contribution in [0.3, 0.4) is 0 Å². The molecule has 212 valence electrons. The second-order valence-electron chi connectivity index (χ2n) is 9.63. The van der Waals surface area contributed by atoms with Gasteiger partial charge >= 0.3 is 5.97 Å². The maximum atomic E-state index is 13.3. The van der Waals surface area contributed by atoms with Crippen LogP contribution in [0.2, 0.25) is 0 Å². The van der Waals surface area contributed by atoms with Crippen LogP contribution in [0, 0.1) is 0 Å². The van der Waals surface area contributed by atoms with Crippen LogP contribution >= 0.6 is 0 Å². The van der Waals surface area contributed by atoms with Crippen molar-refractivity contribution < 1.29 is 29.4 Å². The van der Waals surface area contributed by atoms with Gasteiger partial charge in [-0.1, -0.05) is 84.0 Å². The number of nitrogens with zero attached hydrogens (tertiary/aromatic N) is 2. The molecule has 3 aromatic carbocycles. The van der Waals surface area contributed by atoms with E-state index < -0.39 is 5.97 Å². The van der Waals surface area contributed by atoms with E-state index in [1.165, 1.54) is 6.07 Å². The Morgan fingerprint density at radius 1 is 0.878 bits per heavy atom. The number of esters is 1. The predicted molar refractivity (Wildman–Crippen MR) is 156 cm³/mol. The zero-order valence-electron chi connectivity index (χ0n) is 22.8. The molecule has 0 saturated heterocycles. The van der Waals surface area contributed by atoms with Crippen LogP contribution in [0.1, 0.15) is 46.3 Å². The maximum Gasteiger partial charge on any atom is 0.342 e. The van der Waals surface area contributed by atoms with Gasteiger partial charge in [-0.05, 0) is 48.1 Å². The first-order valence-corrected chi connectivity index (χ1v) is 13.6. The molecule has 0 atom stereocenters. The number of aromatic hydroxyl groups is 2. The number of amides is 1. The molecule has 0 aliphatic carbocycles. The molecule has 0 aromatic heterocycles. The zero-order valence-corrected chi connectivity index (χ0v) is 22.8. The van der Waals surface area contributed by atoms with Gasteiger partial charge in [-0.2, -0.15) is 0 Å². The van der Waals surface area contributed by atoms with Crippen molar-refractivity contribution in [1.82, 2.24) is 4.90 Å². The third kappa shape index (κ3) is 9.10. The Kier molecular flexibility index (Phi) is 10.7. The average Bonchev–Trinajstić information content (AvgIpc) is 2.96. The summed E-state index contributed by atoms with van der Waals surface area (Å²) in [5.41, 5.74) is 2.69. The summed E-state index contributed by atoms with van der Waals surface area (Å²) in [6, 6.07) is 21.9. The molecule has 8 nitrogen and oxygen atoms in total. The van der Waals surface area contributed by atoms with Gasteiger partial charge in [-0.25, -0.2) is 4.79 Å². The van der Waals surface area contributed by atoms with E-state index in [-0.39, 0.29) is 42.6 Å². The van der Waals surface area contributed by atoms with Gasteiger partial charge in [-0.15, -0.1) is 0 Å². The van der Waals surface area contributed by atoms with Crippen molar-refractivity contribution in [2.24, 2.45) is 5.16 Å². The van der Waals surface area contributed by atoms with E-state index in [0.29, 0.717) is 30.8 Å². The number of ether oxygens (including phenoxy) is 1. The highest BCUT2D eigenvalue weighted by atomic mass is 16.6. The zero-order chi connectivity index (χ0) is 28.9. The summed E-state index contributed by atoms with van der Waals surface area (Å²) in [6.07, 6.45) is 9.79. The number of rotatable bonds is 7. The molecule has 0 bridgehead atoms. The fourth-order valence-electron chi connectivity index (χ4n) is 4.40. The second-order valence-corrected chi connectivity index (χ2v) is 9.63. The van der Waals surface area contributed by atoms with Gasteiger partial charge in [0, 0.05) is 25.6 Å². The van der Waals surface area contributed by atoms with E-state index in [1.54, 1.807) is 11.0 Å². The van der Waals surface area contributed by atoms with E-state index in [0.717, 1.165) is 30.0 Å². The van der Waals surface area contributed by atoms with Crippen LogP contribution in [0.15, 0.2) is 102 Å². The molecule has 0 unspecified atom stereocenters. The highest BCUT2D eigenvalue weighted by Crippen LogP contribution is 2.29. The summed E-state index contributed by atoms with van der Waals surface area (Å²) >= 11 is 0. The Morgan fingerprint density at radius 3 is 2.20 bits per heavy atom. The number of benzene rings is 3. The van der Waals surface area contributed by atoms with Crippen molar-refractivity contribution >= 4 is 17.6 Å². The summed E-state index contributed by atoms with van der Waals surface area (Å²) in [7, 11) is 0. The fraction of sp³-hybridized carbons (Fsp3) is 0.242. The lowest BCUT2D eigenvalue weighted by Crippen LogP contribution is -2.32. The number of oxime groups is 1. The number of fused-ring (bicyclic) bond motifs is 1. The van der Waals surface area contributed by atoms with Crippen LogP contribution in [0.5, 0.6) is 11.5 Å². The standard InChI is InChI=1S/C33H34N2O6/c36-29-20-27-19-28(17-11-3-1-2-4-12-18-40-33(39)32(27)30(37)21-29)34-41-24-31(38)35(22-25-13-7-5-8-14-25)23-26-15-9-6-10-16-26/h2,4-11,13-17,20-21,36-37H,1,3,12,18-19,22-24H2/b4-2+,17-11+,34-28-. The van der Waals surface area contributed by atoms with Gasteiger partial charge in [0.1, 0.15) is 17.1 Å². The van der Waals surface area contributed by atoms with Crippen molar-refractivity contribution in [3.05, 3.63) is 119 Å². The van der Waals surface area contributed by atoms with Crippen LogP contribution in [0.25, 0.3) is 0 Å². The van der Waals surface area contributed by atoms with Crippen molar-refractivity contribution in [3.8, 4) is 11.5 Å². The lowest BCUT2D eigenvalue weighted by Gasteiger charge is -2.22. The van der Waals surface area contributed by atoms with Crippen molar-refractivity contribution in [3.63, 3.8) is 0 Å². The summed E-state index contributed by atoms with van der Waals surface area (Å²) < 4.78 is 5.33. The number of carbonyl (C=O) groups is 2. The number of hydrogen-bond donors (Lipinski definition) is 2. The lowest BCUT2D eigenvalue weighted by atomic mass is 10.00. The largest absolute Gasteiger partial charge is 0.508 e. The summed E-state index contributed by atoms with van der Waals surface area (Å²) in [5.74, 6) is -1.52. The Balaban J connectivity index is 1.54. The van der Waals surface area contributed by atoms with Crippen LogP contribution in [0.4, 0.5) is 0 Å². The first-order chi connectivity index (χ1) is 20.0. The summed E-state index contributed by atoms with van der Waals surface area (Å²) in [4.78, 5) is 33.3. The van der Waals surface area contributed by atoms with Crippen LogP contribution < -0.4 is 0 Å². The topological polar surface area (TPSA) is 109 Å². The normalized spacial score (nSPS) is 16.6. The Labute approximate surface area is 239 Å². The molecule has 1 aliphatic rings. The third-order valence-corrected chi connectivity index (χ3v) is 6.41. The van der Waals surface area contributed by atoms with Gasteiger partial charge in [0.15, 0.2) is 6.61 Å². The molecule has 1 amide bonds. The number of hydrogen-bond acceptors (Lipinski definition) is 7. The third-order valence-electron chi connectivity index (χ3n) is 6.41. The highest BCUT2D eigenvalue weighted by Gasteiger charge is 2.21. The number of carbonyl (C=O) groups excluding carboxylic acids is 2. The van der Waals surface area contributed by atoms with Gasteiger partial charge < -0.3 is 24.7 Å². The van der Waals surface area contributed by atoms with Crippen LogP contribution in [-0.2, 0) is 33.9 Å². The summed E-state index contributed by atoms with van der Waals surface area (Å²) in [5, 5.41) is 24.8. The highest BCUT2D eigenvalue weighted by molar-refractivity contribution is 6.00. The Hall–Kier alpha value is -4.85. The number of phenolic OH excluding ortho intramolecular Hbond substituents is 2. The van der Waals surface area contributed by atoms with Crippen molar-refractivity contribution in [2.45, 2.75) is 38.8 Å². The van der Waals surface area contributed by atoms with Gasteiger partial charge in [0.05, 0.1) is 12.3 Å². The molecule has 3 aromatic rings. The molecule has 0 fully saturated rings. The van der Waals surface area contributed by atoms with Gasteiger partial charge in [0.25, 0.3) is 5.91 Å². The Bertz CT molecular complexity index is 1360.